The minimum Gasteiger partial charge on any atom is -0.475 e. The highest BCUT2D eigenvalue weighted by Crippen LogP contribution is 1.86. The van der Waals surface area contributed by atoms with E-state index in [-0.39, 0.29) is 12.2 Å². The molecule has 4 heteroatoms. The van der Waals surface area contributed by atoms with Gasteiger partial charge in [0, 0.05) is 6.42 Å². The number of carbonyl (C=O) groups is 3. The Bertz CT molecular complexity index is 214. The van der Waals surface area contributed by atoms with E-state index in [0.29, 0.717) is 0 Å². The van der Waals surface area contributed by atoms with Crippen LogP contribution in [0.4, 0.5) is 0 Å². The average Bonchev–Trinajstić information content (AvgIpc) is 1.86. The van der Waals surface area contributed by atoms with Gasteiger partial charge in [0.25, 0.3) is 0 Å². The number of allylic oxidation sites excluding steroid dienone is 2. The second-order valence-electron chi connectivity index (χ2n) is 1.95. The highest BCUT2D eigenvalue weighted by atomic mass is 16.4. The molecule has 0 rings (SSSR count). The molecule has 0 aliphatic rings. The van der Waals surface area contributed by atoms with Gasteiger partial charge in [-0.15, -0.1) is 0 Å². The standard InChI is InChI=1S/C7H8O4/c1-5(8)3-2-4-6(9)7(10)11/h2-3H,4H2,1H3,(H,10,11). The van der Waals surface area contributed by atoms with Crippen molar-refractivity contribution in [3.8, 4) is 0 Å². The maximum absolute atomic E-state index is 10.4. The van der Waals surface area contributed by atoms with Crippen molar-refractivity contribution in [1.82, 2.24) is 0 Å². The van der Waals surface area contributed by atoms with Crippen molar-refractivity contribution in [2.24, 2.45) is 0 Å². The summed E-state index contributed by atoms with van der Waals surface area (Å²) in [4.78, 5) is 30.5. The fraction of sp³-hybridized carbons (Fsp3) is 0.286. The maximum atomic E-state index is 10.4. The lowest BCUT2D eigenvalue weighted by Crippen LogP contribution is -2.10. The first-order chi connectivity index (χ1) is 5.04. The Kier molecular flexibility index (Phi) is 3.80. The fourth-order valence-electron chi connectivity index (χ4n) is 0.419. The van der Waals surface area contributed by atoms with Crippen molar-refractivity contribution < 1.29 is 19.5 Å². The molecule has 0 aliphatic heterocycles. The minimum absolute atomic E-state index is 0.205. The average molecular weight is 156 g/mol. The van der Waals surface area contributed by atoms with Crippen LogP contribution in [0.2, 0.25) is 0 Å². The molecule has 0 fully saturated rings. The lowest BCUT2D eigenvalue weighted by Gasteiger charge is -1.85. The molecule has 0 saturated heterocycles. The Labute approximate surface area is 63.5 Å². The summed E-state index contributed by atoms with van der Waals surface area (Å²) in [6.45, 7) is 1.32. The molecule has 60 valence electrons. The van der Waals surface area contributed by atoms with Gasteiger partial charge in [-0.3, -0.25) is 9.59 Å². The molecule has 4 nitrogen and oxygen atoms in total. The first-order valence-corrected chi connectivity index (χ1v) is 2.97. The van der Waals surface area contributed by atoms with Gasteiger partial charge in [-0.25, -0.2) is 4.79 Å². The third-order valence-corrected chi connectivity index (χ3v) is 0.894. The zero-order chi connectivity index (χ0) is 8.85. The Hall–Kier alpha value is -1.45. The van der Waals surface area contributed by atoms with Gasteiger partial charge < -0.3 is 5.11 Å². The molecular weight excluding hydrogens is 148 g/mol. The van der Waals surface area contributed by atoms with Crippen LogP contribution in [0.25, 0.3) is 0 Å². The van der Waals surface area contributed by atoms with Gasteiger partial charge in [-0.2, -0.15) is 0 Å². The summed E-state index contributed by atoms with van der Waals surface area (Å²) >= 11 is 0. The van der Waals surface area contributed by atoms with Crippen molar-refractivity contribution in [2.45, 2.75) is 13.3 Å². The van der Waals surface area contributed by atoms with E-state index in [0.717, 1.165) is 0 Å². The topological polar surface area (TPSA) is 71.4 Å². The largest absolute Gasteiger partial charge is 0.475 e. The van der Waals surface area contributed by atoms with Gasteiger partial charge in [0.05, 0.1) is 0 Å². The van der Waals surface area contributed by atoms with E-state index in [2.05, 4.69) is 0 Å². The zero-order valence-corrected chi connectivity index (χ0v) is 6.03. The van der Waals surface area contributed by atoms with Crippen molar-refractivity contribution in [1.29, 1.82) is 0 Å². The molecule has 0 radical (unpaired) electrons. The van der Waals surface area contributed by atoms with Crippen molar-refractivity contribution in [3.05, 3.63) is 12.2 Å². The maximum Gasteiger partial charge on any atom is 0.372 e. The molecule has 0 unspecified atom stereocenters. The van der Waals surface area contributed by atoms with E-state index in [1.807, 2.05) is 0 Å². The highest BCUT2D eigenvalue weighted by Gasteiger charge is 2.07. The highest BCUT2D eigenvalue weighted by molar-refractivity contribution is 6.33. The molecule has 0 saturated carbocycles. The second kappa shape index (κ2) is 4.38. The molecule has 0 heterocycles. The van der Waals surface area contributed by atoms with Gasteiger partial charge in [-0.1, -0.05) is 6.08 Å². The lowest BCUT2D eigenvalue weighted by atomic mass is 10.2. The summed E-state index contributed by atoms with van der Waals surface area (Å²) in [5.74, 6) is -2.59. The van der Waals surface area contributed by atoms with E-state index < -0.39 is 11.8 Å². The van der Waals surface area contributed by atoms with E-state index in [1.54, 1.807) is 0 Å². The molecule has 0 aliphatic carbocycles. The number of ketones is 2. The summed E-state index contributed by atoms with van der Waals surface area (Å²) in [5, 5.41) is 8.08. The van der Waals surface area contributed by atoms with Crippen molar-refractivity contribution in [2.75, 3.05) is 0 Å². The van der Waals surface area contributed by atoms with Crippen molar-refractivity contribution in [3.63, 3.8) is 0 Å². The number of carbonyl (C=O) groups excluding carboxylic acids is 2. The van der Waals surface area contributed by atoms with Crippen LogP contribution in [0.5, 0.6) is 0 Å². The van der Waals surface area contributed by atoms with Crippen LogP contribution in [0.15, 0.2) is 12.2 Å². The van der Waals surface area contributed by atoms with Crippen LogP contribution in [0.3, 0.4) is 0 Å². The van der Waals surface area contributed by atoms with Crippen LogP contribution in [-0.4, -0.2) is 22.6 Å². The lowest BCUT2D eigenvalue weighted by molar-refractivity contribution is -0.148. The van der Waals surface area contributed by atoms with E-state index in [9.17, 15) is 14.4 Å². The number of carboxylic acids is 1. The zero-order valence-electron chi connectivity index (χ0n) is 6.03. The minimum atomic E-state index is -1.47. The molecule has 1 N–H and O–H groups in total. The normalized spacial score (nSPS) is 9.91. The van der Waals surface area contributed by atoms with Gasteiger partial charge >= 0.3 is 5.97 Å². The second-order valence-corrected chi connectivity index (χ2v) is 1.95. The number of carboxylic acid groups (broad SMARTS) is 1. The van der Waals surface area contributed by atoms with Gasteiger partial charge in [-0.05, 0) is 13.0 Å². The Morgan fingerprint density at radius 2 is 1.91 bits per heavy atom. The molecule has 0 amide bonds. The van der Waals surface area contributed by atoms with Crippen LogP contribution in [0.1, 0.15) is 13.3 Å². The predicted octanol–water partition coefficient (Wildman–Crippen LogP) is 0.175. The summed E-state index contributed by atoms with van der Waals surface area (Å²) < 4.78 is 0. The molecular formula is C7H8O4. The molecule has 0 bridgehead atoms. The smallest absolute Gasteiger partial charge is 0.372 e. The molecule has 11 heavy (non-hydrogen) atoms. The Morgan fingerprint density at radius 3 is 2.27 bits per heavy atom. The first-order valence-electron chi connectivity index (χ1n) is 2.97. The van der Waals surface area contributed by atoms with Gasteiger partial charge in [0.2, 0.25) is 5.78 Å². The molecule has 0 spiro atoms. The molecule has 0 aromatic carbocycles. The summed E-state index contributed by atoms with van der Waals surface area (Å²) in [5.41, 5.74) is 0. The number of Topliss-reactive ketones (excluding diaryl/α,β-unsaturated/α-hetero) is 1. The predicted molar refractivity (Wildman–Crippen MR) is 37.1 cm³/mol. The summed E-state index contributed by atoms with van der Waals surface area (Å²) in [6, 6.07) is 0. The van der Waals surface area contributed by atoms with E-state index in [4.69, 9.17) is 5.11 Å². The number of rotatable bonds is 4. The molecule has 0 aromatic rings. The van der Waals surface area contributed by atoms with Crippen molar-refractivity contribution >= 4 is 17.5 Å². The first kappa shape index (κ1) is 9.55. The number of aliphatic carboxylic acids is 1. The van der Waals surface area contributed by atoms with E-state index >= 15 is 0 Å². The quantitative estimate of drug-likeness (QED) is 0.465. The molecule has 0 atom stereocenters. The Morgan fingerprint density at radius 1 is 1.36 bits per heavy atom. The summed E-state index contributed by atoms with van der Waals surface area (Å²) in [6.07, 6.45) is 2.18. The third kappa shape index (κ3) is 5.02. The fourth-order valence-corrected chi connectivity index (χ4v) is 0.419. The Balaban J connectivity index is 3.80. The number of hydrogen-bond donors (Lipinski definition) is 1. The van der Waals surface area contributed by atoms with Gasteiger partial charge in [0.15, 0.2) is 5.78 Å². The SMILES string of the molecule is CC(=O)C=CCC(=O)C(=O)O. The van der Waals surface area contributed by atoms with Crippen LogP contribution < -0.4 is 0 Å². The number of hydrogen-bond acceptors (Lipinski definition) is 3. The van der Waals surface area contributed by atoms with E-state index in [1.165, 1.54) is 19.1 Å². The van der Waals surface area contributed by atoms with Crippen LogP contribution >= 0.6 is 0 Å². The molecule has 0 aromatic heterocycles. The monoisotopic (exact) mass is 156 g/mol. The summed E-state index contributed by atoms with van der Waals surface area (Å²) in [7, 11) is 0. The van der Waals surface area contributed by atoms with Crippen LogP contribution in [-0.2, 0) is 14.4 Å². The third-order valence-electron chi connectivity index (χ3n) is 0.894. The van der Waals surface area contributed by atoms with Crippen LogP contribution in [0, 0.1) is 0 Å². The van der Waals surface area contributed by atoms with Gasteiger partial charge in [0.1, 0.15) is 0 Å².